The van der Waals surface area contributed by atoms with Crippen molar-refractivity contribution in [1.29, 1.82) is 0 Å². The summed E-state index contributed by atoms with van der Waals surface area (Å²) < 4.78 is 19.9. The molecule has 1 N–H and O–H groups in total. The summed E-state index contributed by atoms with van der Waals surface area (Å²) in [6, 6.07) is 11.1. The van der Waals surface area contributed by atoms with E-state index in [9.17, 15) is 9.18 Å². The van der Waals surface area contributed by atoms with E-state index < -0.39 is 5.82 Å². The summed E-state index contributed by atoms with van der Waals surface area (Å²) >= 11 is 12.0. The molecule has 1 aromatic heterocycles. The highest BCUT2D eigenvalue weighted by Gasteiger charge is 2.13. The van der Waals surface area contributed by atoms with Gasteiger partial charge in [-0.3, -0.25) is 4.79 Å². The van der Waals surface area contributed by atoms with E-state index in [1.807, 2.05) is 0 Å². The maximum Gasteiger partial charge on any atom is 0.267 e. The number of H-pyrrole nitrogens is 1. The molecule has 0 radical (unpaired) electrons. The maximum absolute atomic E-state index is 14.2. The fourth-order valence-electron chi connectivity index (χ4n) is 2.29. The van der Waals surface area contributed by atoms with Crippen LogP contribution in [0.3, 0.4) is 0 Å². The predicted octanol–water partition coefficient (Wildman–Crippen LogP) is 4.91. The molecule has 0 saturated heterocycles. The van der Waals surface area contributed by atoms with Gasteiger partial charge in [0.25, 0.3) is 5.56 Å². The summed E-state index contributed by atoms with van der Waals surface area (Å²) in [7, 11) is 0. The van der Waals surface area contributed by atoms with Gasteiger partial charge in [-0.25, -0.2) is 9.49 Å². The van der Waals surface area contributed by atoms with Gasteiger partial charge in [-0.15, -0.1) is 0 Å². The van der Waals surface area contributed by atoms with Crippen LogP contribution in [0.1, 0.15) is 16.8 Å². The molecule has 0 amide bonds. The average Bonchev–Trinajstić information content (AvgIpc) is 2.55. The third-order valence-electron chi connectivity index (χ3n) is 3.54. The van der Waals surface area contributed by atoms with E-state index in [4.69, 9.17) is 27.9 Å². The van der Waals surface area contributed by atoms with Crippen molar-refractivity contribution in [1.82, 2.24) is 10.2 Å². The van der Waals surface area contributed by atoms with E-state index in [-0.39, 0.29) is 17.0 Å². The maximum atomic E-state index is 14.2. The zero-order chi connectivity index (χ0) is 18.0. The van der Waals surface area contributed by atoms with Crippen molar-refractivity contribution in [2.45, 2.75) is 13.3 Å². The van der Waals surface area contributed by atoms with Gasteiger partial charge < -0.3 is 4.74 Å². The predicted molar refractivity (Wildman–Crippen MR) is 95.3 cm³/mol. The van der Waals surface area contributed by atoms with E-state index in [0.717, 1.165) is 0 Å². The van der Waals surface area contributed by atoms with Gasteiger partial charge in [0.2, 0.25) is 0 Å². The van der Waals surface area contributed by atoms with Gasteiger partial charge in [-0.05, 0) is 48.9 Å². The quantitative estimate of drug-likeness (QED) is 0.701. The number of aromatic amines is 1. The van der Waals surface area contributed by atoms with Gasteiger partial charge in [-0.2, -0.15) is 5.10 Å². The number of halogens is 3. The Morgan fingerprint density at radius 2 is 2.00 bits per heavy atom. The lowest BCUT2D eigenvalue weighted by Crippen LogP contribution is -2.13. The first-order valence-electron chi connectivity index (χ1n) is 7.39. The number of ether oxygens (including phenoxy) is 1. The average molecular weight is 379 g/mol. The van der Waals surface area contributed by atoms with Crippen LogP contribution in [-0.2, 0) is 6.42 Å². The van der Waals surface area contributed by atoms with Crippen LogP contribution in [0.25, 0.3) is 0 Å². The smallest absolute Gasteiger partial charge is 0.267 e. The zero-order valence-corrected chi connectivity index (χ0v) is 14.7. The summed E-state index contributed by atoms with van der Waals surface area (Å²) in [4.78, 5) is 11.4. The van der Waals surface area contributed by atoms with Crippen LogP contribution >= 0.6 is 23.2 Å². The summed E-state index contributed by atoms with van der Waals surface area (Å²) in [5.41, 5.74) is 1.12. The summed E-state index contributed by atoms with van der Waals surface area (Å²) in [5, 5.41) is 6.97. The molecule has 0 aliphatic carbocycles. The number of nitrogens with one attached hydrogen (secondary N) is 1. The Kier molecular flexibility index (Phi) is 5.06. The molecule has 128 valence electrons. The monoisotopic (exact) mass is 378 g/mol. The van der Waals surface area contributed by atoms with Crippen LogP contribution in [0.15, 0.2) is 47.3 Å². The lowest BCUT2D eigenvalue weighted by atomic mass is 10.1. The molecule has 3 rings (SSSR count). The Morgan fingerprint density at radius 1 is 1.20 bits per heavy atom. The molecule has 0 aliphatic rings. The first kappa shape index (κ1) is 17.5. The standard InChI is InChI=1S/C18H13Cl2FN2O2/c1-10-5-13(22-23-18(10)24)6-11-7-17(15(20)9-16(11)21)25-14-4-2-3-12(19)8-14/h2-5,7-9H,6H2,1H3,(H,23,24). The number of rotatable bonds is 4. The summed E-state index contributed by atoms with van der Waals surface area (Å²) in [5.74, 6) is 0.320. The Bertz CT molecular complexity index is 989. The second-order valence-electron chi connectivity index (χ2n) is 5.48. The minimum atomic E-state index is -0.478. The van der Waals surface area contributed by atoms with Gasteiger partial charge in [0.15, 0.2) is 0 Å². The Labute approximate surface area is 153 Å². The third-order valence-corrected chi connectivity index (χ3v) is 4.07. The highest BCUT2D eigenvalue weighted by molar-refractivity contribution is 6.32. The van der Waals surface area contributed by atoms with Gasteiger partial charge >= 0.3 is 0 Å². The lowest BCUT2D eigenvalue weighted by Gasteiger charge is -2.11. The van der Waals surface area contributed by atoms with Gasteiger partial charge in [-0.1, -0.05) is 29.3 Å². The third kappa shape index (κ3) is 4.18. The first-order valence-corrected chi connectivity index (χ1v) is 8.14. The number of hydrogen-bond donors (Lipinski definition) is 1. The summed E-state index contributed by atoms with van der Waals surface area (Å²) in [6.07, 6.45) is 0.187. The second kappa shape index (κ2) is 7.25. The van der Waals surface area contributed by atoms with Crippen molar-refractivity contribution in [3.05, 3.63) is 85.5 Å². The van der Waals surface area contributed by atoms with Crippen molar-refractivity contribution in [2.24, 2.45) is 0 Å². The lowest BCUT2D eigenvalue weighted by molar-refractivity contribution is 0.479. The van der Waals surface area contributed by atoms with Gasteiger partial charge in [0.1, 0.15) is 17.3 Å². The largest absolute Gasteiger partial charge is 0.456 e. The molecule has 0 spiro atoms. The number of hydrogen-bond acceptors (Lipinski definition) is 3. The Balaban J connectivity index is 1.92. The SMILES string of the molecule is Cc1cc(Cc2cc(Oc3cccc(Cl)c3)c(Cl)cc2F)n[nH]c1=O. The number of aromatic nitrogens is 2. The zero-order valence-electron chi connectivity index (χ0n) is 13.1. The Morgan fingerprint density at radius 3 is 2.72 bits per heavy atom. The second-order valence-corrected chi connectivity index (χ2v) is 6.33. The van der Waals surface area contributed by atoms with Crippen molar-refractivity contribution < 1.29 is 9.13 Å². The number of benzene rings is 2. The highest BCUT2D eigenvalue weighted by Crippen LogP contribution is 2.33. The van der Waals surface area contributed by atoms with Crippen LogP contribution < -0.4 is 10.3 Å². The minimum Gasteiger partial charge on any atom is -0.456 e. The molecule has 0 unspecified atom stereocenters. The van der Waals surface area contributed by atoms with Crippen LogP contribution in [-0.4, -0.2) is 10.2 Å². The van der Waals surface area contributed by atoms with Crippen LogP contribution in [0, 0.1) is 12.7 Å². The first-order chi connectivity index (χ1) is 11.9. The molecular weight excluding hydrogens is 366 g/mol. The van der Waals surface area contributed by atoms with E-state index in [2.05, 4.69) is 10.2 Å². The fourth-order valence-corrected chi connectivity index (χ4v) is 2.66. The molecule has 0 bridgehead atoms. The molecule has 0 atom stereocenters. The van der Waals surface area contributed by atoms with Crippen LogP contribution in [0.5, 0.6) is 11.5 Å². The number of aryl methyl sites for hydroxylation is 1. The van der Waals surface area contributed by atoms with Crippen molar-refractivity contribution in [3.8, 4) is 11.5 Å². The number of nitrogens with zero attached hydrogens (tertiary/aromatic N) is 1. The van der Waals surface area contributed by atoms with E-state index >= 15 is 0 Å². The molecule has 0 fully saturated rings. The molecule has 3 aromatic rings. The van der Waals surface area contributed by atoms with Crippen molar-refractivity contribution in [2.75, 3.05) is 0 Å². The van der Waals surface area contributed by atoms with Gasteiger partial charge in [0.05, 0.1) is 10.7 Å². The molecule has 4 nitrogen and oxygen atoms in total. The molecule has 1 heterocycles. The van der Waals surface area contributed by atoms with Crippen LogP contribution in [0.2, 0.25) is 10.0 Å². The van der Waals surface area contributed by atoms with E-state index in [0.29, 0.717) is 33.3 Å². The van der Waals surface area contributed by atoms with Crippen molar-refractivity contribution >= 4 is 23.2 Å². The van der Waals surface area contributed by atoms with Gasteiger partial charge in [0, 0.05) is 17.0 Å². The highest BCUT2D eigenvalue weighted by atomic mass is 35.5. The van der Waals surface area contributed by atoms with Crippen molar-refractivity contribution in [3.63, 3.8) is 0 Å². The normalized spacial score (nSPS) is 10.7. The molecule has 25 heavy (non-hydrogen) atoms. The molecular formula is C18H13Cl2FN2O2. The minimum absolute atomic E-state index is 0.145. The Hall–Kier alpha value is -2.37. The fraction of sp³-hybridized carbons (Fsp3) is 0.111. The summed E-state index contributed by atoms with van der Waals surface area (Å²) in [6.45, 7) is 1.66. The molecule has 0 aliphatic heterocycles. The topological polar surface area (TPSA) is 55.0 Å². The van der Waals surface area contributed by atoms with E-state index in [1.54, 1.807) is 37.3 Å². The van der Waals surface area contributed by atoms with E-state index in [1.165, 1.54) is 12.1 Å². The molecule has 7 heteroatoms. The van der Waals surface area contributed by atoms with Crippen LogP contribution in [0.4, 0.5) is 4.39 Å². The molecule has 0 saturated carbocycles. The molecule has 2 aromatic carbocycles.